The molecule has 0 aliphatic rings. The lowest BCUT2D eigenvalue weighted by Gasteiger charge is -2.24. The molecule has 2 amide bonds. The van der Waals surface area contributed by atoms with Crippen LogP contribution in [0.15, 0.2) is 41.4 Å². The molecule has 1 N–H and O–H groups in total. The van der Waals surface area contributed by atoms with Gasteiger partial charge in [-0.2, -0.15) is 44.5 Å². The first-order valence-electron chi connectivity index (χ1n) is 9.28. The average molecular weight is 568 g/mol. The van der Waals surface area contributed by atoms with Gasteiger partial charge in [0, 0.05) is 19.2 Å². The number of carbonyl (C=O) groups is 1. The topological polar surface area (TPSA) is 103 Å². The zero-order chi connectivity index (χ0) is 28.3. The van der Waals surface area contributed by atoms with Crippen molar-refractivity contribution in [3.63, 3.8) is 0 Å². The van der Waals surface area contributed by atoms with Gasteiger partial charge < -0.3 is 14.8 Å². The van der Waals surface area contributed by atoms with Crippen molar-refractivity contribution < 1.29 is 58.7 Å². The van der Waals surface area contributed by atoms with Gasteiger partial charge in [-0.25, -0.2) is 4.79 Å². The van der Waals surface area contributed by atoms with Crippen molar-refractivity contribution in [2.75, 3.05) is 7.05 Å². The summed E-state index contributed by atoms with van der Waals surface area (Å²) >= 11 is 5.74. The van der Waals surface area contributed by atoms with E-state index in [0.29, 0.717) is 24.3 Å². The Kier molecular flexibility index (Phi) is 8.52. The summed E-state index contributed by atoms with van der Waals surface area (Å²) in [7, 11) is 0.898. The van der Waals surface area contributed by atoms with Crippen molar-refractivity contribution >= 4 is 29.2 Å². The molecule has 0 heterocycles. The van der Waals surface area contributed by atoms with Crippen LogP contribution in [0.1, 0.15) is 11.1 Å². The summed E-state index contributed by atoms with van der Waals surface area (Å²) in [4.78, 5) is 24.7. The van der Waals surface area contributed by atoms with Crippen LogP contribution in [-0.4, -0.2) is 42.4 Å². The third-order valence-electron chi connectivity index (χ3n) is 4.12. The first-order chi connectivity index (χ1) is 16.8. The zero-order valence-corrected chi connectivity index (χ0v) is 18.5. The molecule has 202 valence electrons. The van der Waals surface area contributed by atoms with Gasteiger partial charge in [0.1, 0.15) is 17.1 Å². The minimum atomic E-state index is -6.08. The smallest absolute Gasteiger partial charge is 0.434 e. The summed E-state index contributed by atoms with van der Waals surface area (Å²) in [6.07, 6.45) is -21.5. The number of nitrogens with zero attached hydrogens (tertiary/aromatic N) is 2. The second kappa shape index (κ2) is 10.7. The lowest BCUT2D eigenvalue weighted by molar-refractivity contribution is -0.385. The van der Waals surface area contributed by atoms with Crippen molar-refractivity contribution in [3.05, 3.63) is 62.7 Å². The number of rotatable bonds is 5. The zero-order valence-electron chi connectivity index (χ0n) is 17.8. The first kappa shape index (κ1) is 29.5. The van der Waals surface area contributed by atoms with Crippen LogP contribution in [-0.2, 0) is 10.9 Å². The molecule has 0 spiro atoms. The number of alkyl halides is 9. The fourth-order valence-electron chi connectivity index (χ4n) is 2.53. The van der Waals surface area contributed by atoms with Crippen molar-refractivity contribution in [1.82, 2.24) is 5.32 Å². The Morgan fingerprint density at radius 1 is 1.03 bits per heavy atom. The van der Waals surface area contributed by atoms with E-state index in [1.165, 1.54) is 0 Å². The highest BCUT2D eigenvalue weighted by molar-refractivity contribution is 6.32. The van der Waals surface area contributed by atoms with Gasteiger partial charge in [-0.3, -0.25) is 10.1 Å². The lowest BCUT2D eigenvalue weighted by Crippen LogP contribution is -2.46. The second-order valence-corrected chi connectivity index (χ2v) is 7.14. The number of urea groups is 1. The number of ether oxygens (including phenoxy) is 2. The summed E-state index contributed by atoms with van der Waals surface area (Å²) in [6, 6.07) is 2.06. The number of hydrogen-bond acceptors (Lipinski definition) is 5. The molecule has 0 saturated carbocycles. The molecule has 0 saturated heterocycles. The van der Waals surface area contributed by atoms with Gasteiger partial charge in [0.25, 0.3) is 11.8 Å². The second-order valence-electron chi connectivity index (χ2n) is 6.73. The number of carbonyl (C=O) groups excluding carboxylic acids is 1. The predicted octanol–water partition coefficient (Wildman–Crippen LogP) is 6.66. The fraction of sp³-hybridized carbons (Fsp3) is 0.263. The van der Waals surface area contributed by atoms with Crippen LogP contribution in [0.2, 0.25) is 5.02 Å². The minimum absolute atomic E-state index is 0.460. The van der Waals surface area contributed by atoms with Crippen LogP contribution in [0.4, 0.5) is 50.0 Å². The van der Waals surface area contributed by atoms with Crippen LogP contribution in [0.3, 0.4) is 0 Å². The molecule has 2 aromatic rings. The number of halogens is 10. The molecule has 0 atom stereocenters. The van der Waals surface area contributed by atoms with Crippen LogP contribution in [0.25, 0.3) is 0 Å². The van der Waals surface area contributed by atoms with E-state index < -0.39 is 74.8 Å². The Morgan fingerprint density at radius 3 is 2.08 bits per heavy atom. The molecule has 0 aliphatic heterocycles. The molecule has 0 fully saturated rings. The minimum Gasteiger partial charge on any atom is -0.456 e. The average Bonchev–Trinajstić information content (AvgIpc) is 2.75. The molecule has 37 heavy (non-hydrogen) atoms. The van der Waals surface area contributed by atoms with Crippen molar-refractivity contribution in [2.45, 2.75) is 24.6 Å². The standard InChI is InChI=1S/C19H11ClF9N3O5/c1-30-16(33)31-14(37-15(18(24,25)26)19(27,28)29)10-7-9(3-4-12(10)32(34)35)36-13-5-2-8(6-11(13)20)17(21,22)23/h2-7,15H,1H3,(H,30,33). The molecule has 0 aliphatic carbocycles. The third kappa shape index (κ3) is 7.61. The number of nitro benzene ring substituents is 1. The maximum absolute atomic E-state index is 13.0. The molecular formula is C19H11ClF9N3O5. The van der Waals surface area contributed by atoms with Gasteiger partial charge in [-0.05, 0) is 24.3 Å². The van der Waals surface area contributed by atoms with E-state index in [9.17, 15) is 54.4 Å². The van der Waals surface area contributed by atoms with E-state index in [1.54, 1.807) is 5.32 Å². The SMILES string of the molecule is CNC(=O)N=C(OC(C(F)(F)F)C(F)(F)F)c1cc(Oc2ccc(C(F)(F)F)cc2Cl)ccc1[N+](=O)[O-]. The summed E-state index contributed by atoms with van der Waals surface area (Å²) in [5.41, 5.74) is -3.49. The Morgan fingerprint density at radius 2 is 1.62 bits per heavy atom. The normalized spacial score (nSPS) is 12.9. The third-order valence-corrected chi connectivity index (χ3v) is 4.42. The van der Waals surface area contributed by atoms with Gasteiger partial charge >= 0.3 is 24.6 Å². The summed E-state index contributed by atoms with van der Waals surface area (Å²) < 4.78 is 126. The number of amides is 2. The highest BCUT2D eigenvalue weighted by Crippen LogP contribution is 2.39. The quantitative estimate of drug-likeness (QED) is 0.143. The van der Waals surface area contributed by atoms with E-state index in [0.717, 1.165) is 19.2 Å². The molecule has 18 heteroatoms. The van der Waals surface area contributed by atoms with Crippen molar-refractivity contribution in [2.24, 2.45) is 4.99 Å². The summed E-state index contributed by atoms with van der Waals surface area (Å²) in [6.45, 7) is 0. The van der Waals surface area contributed by atoms with Gasteiger partial charge in [-0.15, -0.1) is 0 Å². The van der Waals surface area contributed by atoms with Gasteiger partial charge in [0.2, 0.25) is 5.90 Å². The molecule has 8 nitrogen and oxygen atoms in total. The van der Waals surface area contributed by atoms with E-state index in [1.807, 2.05) is 0 Å². The molecule has 0 bridgehead atoms. The predicted molar refractivity (Wildman–Crippen MR) is 108 cm³/mol. The molecule has 2 aromatic carbocycles. The lowest BCUT2D eigenvalue weighted by atomic mass is 10.1. The Balaban J connectivity index is 2.64. The van der Waals surface area contributed by atoms with Crippen LogP contribution >= 0.6 is 11.6 Å². The monoisotopic (exact) mass is 567 g/mol. The molecule has 0 aromatic heterocycles. The molecule has 2 rings (SSSR count). The fourth-order valence-corrected chi connectivity index (χ4v) is 2.74. The molecule has 0 unspecified atom stereocenters. The van der Waals surface area contributed by atoms with Crippen LogP contribution in [0, 0.1) is 10.1 Å². The van der Waals surface area contributed by atoms with Crippen LogP contribution in [0.5, 0.6) is 11.5 Å². The maximum atomic E-state index is 13.0. The molecule has 0 radical (unpaired) electrons. The largest absolute Gasteiger partial charge is 0.456 e. The Bertz CT molecular complexity index is 1200. The summed E-state index contributed by atoms with van der Waals surface area (Å²) in [5, 5.41) is 12.6. The van der Waals surface area contributed by atoms with Gasteiger partial charge in [0.15, 0.2) is 0 Å². The first-order valence-corrected chi connectivity index (χ1v) is 9.66. The van der Waals surface area contributed by atoms with E-state index in [-0.39, 0.29) is 0 Å². The highest BCUT2D eigenvalue weighted by Gasteiger charge is 2.60. The maximum Gasteiger partial charge on any atom is 0.434 e. The Labute approximate surface area is 204 Å². The van der Waals surface area contributed by atoms with Gasteiger partial charge in [-0.1, -0.05) is 11.6 Å². The van der Waals surface area contributed by atoms with Gasteiger partial charge in [0.05, 0.1) is 15.5 Å². The van der Waals surface area contributed by atoms with E-state index in [4.69, 9.17) is 16.3 Å². The number of hydrogen-bond donors (Lipinski definition) is 1. The number of aliphatic imine (C=N–C) groups is 1. The number of nitro groups is 1. The van der Waals surface area contributed by atoms with Crippen molar-refractivity contribution in [1.29, 1.82) is 0 Å². The number of nitrogens with one attached hydrogen (secondary N) is 1. The highest BCUT2D eigenvalue weighted by atomic mass is 35.5. The molecular weight excluding hydrogens is 557 g/mol. The van der Waals surface area contributed by atoms with Crippen LogP contribution < -0.4 is 10.1 Å². The Hall–Kier alpha value is -3.76. The van der Waals surface area contributed by atoms with E-state index >= 15 is 0 Å². The number of benzene rings is 2. The summed E-state index contributed by atoms with van der Waals surface area (Å²) in [5.74, 6) is -2.79. The van der Waals surface area contributed by atoms with E-state index in [2.05, 4.69) is 9.73 Å². The van der Waals surface area contributed by atoms with Crippen molar-refractivity contribution in [3.8, 4) is 11.5 Å².